The van der Waals surface area contributed by atoms with Gasteiger partial charge in [-0.1, -0.05) is 0 Å². The standard InChI is InChI=1S/C14H20N4O/c1-12(13-3-5-15-6-4-13)18-11-17-10-14(18)9-16-7-8-19-2/h3-6,10-12,16H,7-9H2,1-2H3. The summed E-state index contributed by atoms with van der Waals surface area (Å²) >= 11 is 0. The monoisotopic (exact) mass is 260 g/mol. The molecule has 0 aliphatic carbocycles. The van der Waals surface area contributed by atoms with Crippen LogP contribution in [0.3, 0.4) is 0 Å². The van der Waals surface area contributed by atoms with Crippen LogP contribution in [0.1, 0.15) is 24.2 Å². The molecule has 102 valence electrons. The highest BCUT2D eigenvalue weighted by Gasteiger charge is 2.10. The minimum absolute atomic E-state index is 0.254. The van der Waals surface area contributed by atoms with E-state index in [1.54, 1.807) is 7.11 Å². The molecule has 1 unspecified atom stereocenters. The van der Waals surface area contributed by atoms with Crippen molar-refractivity contribution in [2.45, 2.75) is 19.5 Å². The van der Waals surface area contributed by atoms with Gasteiger partial charge in [0.15, 0.2) is 0 Å². The first-order chi connectivity index (χ1) is 9.33. The van der Waals surface area contributed by atoms with Crippen molar-refractivity contribution in [3.63, 3.8) is 0 Å². The lowest BCUT2D eigenvalue weighted by molar-refractivity contribution is 0.199. The number of imidazole rings is 1. The molecule has 0 saturated heterocycles. The Morgan fingerprint density at radius 3 is 2.84 bits per heavy atom. The summed E-state index contributed by atoms with van der Waals surface area (Å²) in [6.45, 7) is 4.51. The molecule has 2 heterocycles. The van der Waals surface area contributed by atoms with E-state index in [-0.39, 0.29) is 6.04 Å². The van der Waals surface area contributed by atoms with Crippen molar-refractivity contribution in [2.24, 2.45) is 0 Å². The van der Waals surface area contributed by atoms with Crippen LogP contribution in [0.2, 0.25) is 0 Å². The summed E-state index contributed by atoms with van der Waals surface area (Å²) in [5, 5.41) is 3.34. The molecule has 1 atom stereocenters. The number of methoxy groups -OCH3 is 1. The van der Waals surface area contributed by atoms with Gasteiger partial charge in [-0.05, 0) is 24.6 Å². The number of rotatable bonds is 7. The summed E-state index contributed by atoms with van der Waals surface area (Å²) in [7, 11) is 1.71. The van der Waals surface area contributed by atoms with Crippen LogP contribution < -0.4 is 5.32 Å². The smallest absolute Gasteiger partial charge is 0.0954 e. The number of nitrogens with zero attached hydrogens (tertiary/aromatic N) is 3. The van der Waals surface area contributed by atoms with Crippen LogP contribution in [0.5, 0.6) is 0 Å². The highest BCUT2D eigenvalue weighted by Crippen LogP contribution is 2.18. The molecule has 2 aromatic rings. The number of hydrogen-bond donors (Lipinski definition) is 1. The first-order valence-electron chi connectivity index (χ1n) is 6.43. The second-order valence-electron chi connectivity index (χ2n) is 4.42. The maximum absolute atomic E-state index is 5.02. The zero-order chi connectivity index (χ0) is 13.5. The average molecular weight is 260 g/mol. The number of ether oxygens (including phenoxy) is 1. The first-order valence-corrected chi connectivity index (χ1v) is 6.43. The molecule has 5 nitrogen and oxygen atoms in total. The van der Waals surface area contributed by atoms with Gasteiger partial charge < -0.3 is 14.6 Å². The topological polar surface area (TPSA) is 52.0 Å². The lowest BCUT2D eigenvalue weighted by atomic mass is 10.1. The summed E-state index contributed by atoms with van der Waals surface area (Å²) < 4.78 is 7.19. The van der Waals surface area contributed by atoms with E-state index in [0.29, 0.717) is 6.61 Å². The van der Waals surface area contributed by atoms with Crippen molar-refractivity contribution in [1.82, 2.24) is 19.9 Å². The predicted octanol–water partition coefficient (Wildman–Crippen LogP) is 1.62. The molecule has 2 rings (SSSR count). The van der Waals surface area contributed by atoms with Crippen molar-refractivity contribution < 1.29 is 4.74 Å². The Kier molecular flexibility index (Phi) is 5.06. The Morgan fingerprint density at radius 2 is 2.11 bits per heavy atom. The minimum atomic E-state index is 0.254. The van der Waals surface area contributed by atoms with E-state index in [4.69, 9.17) is 4.74 Å². The Hall–Kier alpha value is -1.72. The van der Waals surface area contributed by atoms with E-state index in [0.717, 1.165) is 13.1 Å². The highest BCUT2D eigenvalue weighted by molar-refractivity contribution is 5.17. The molecule has 1 N–H and O–H groups in total. The third-order valence-electron chi connectivity index (χ3n) is 3.14. The van der Waals surface area contributed by atoms with Crippen LogP contribution in [0.25, 0.3) is 0 Å². The maximum atomic E-state index is 5.02. The Bertz CT molecular complexity index is 483. The van der Waals surface area contributed by atoms with E-state index in [9.17, 15) is 0 Å². The molecule has 0 amide bonds. The van der Waals surface area contributed by atoms with Crippen molar-refractivity contribution in [2.75, 3.05) is 20.3 Å². The second kappa shape index (κ2) is 7.01. The molecule has 0 aliphatic rings. The molecule has 0 spiro atoms. The van der Waals surface area contributed by atoms with Crippen molar-refractivity contribution in [3.05, 3.63) is 48.3 Å². The van der Waals surface area contributed by atoms with Crippen LogP contribution in [0.4, 0.5) is 0 Å². The van der Waals surface area contributed by atoms with Gasteiger partial charge in [0.1, 0.15) is 0 Å². The SMILES string of the molecule is COCCNCc1cncn1C(C)c1ccncc1. The zero-order valence-corrected chi connectivity index (χ0v) is 11.4. The van der Waals surface area contributed by atoms with Crippen molar-refractivity contribution in [1.29, 1.82) is 0 Å². The average Bonchev–Trinajstić information content (AvgIpc) is 2.92. The molecule has 19 heavy (non-hydrogen) atoms. The fourth-order valence-electron chi connectivity index (χ4n) is 2.01. The Morgan fingerprint density at radius 1 is 1.32 bits per heavy atom. The lowest BCUT2D eigenvalue weighted by Gasteiger charge is -2.17. The number of hydrogen-bond acceptors (Lipinski definition) is 4. The van der Waals surface area contributed by atoms with Gasteiger partial charge in [0.05, 0.1) is 24.7 Å². The van der Waals surface area contributed by atoms with Crippen LogP contribution in [0.15, 0.2) is 37.1 Å². The van der Waals surface area contributed by atoms with E-state index in [2.05, 4.69) is 26.8 Å². The van der Waals surface area contributed by atoms with Crippen LogP contribution >= 0.6 is 0 Å². The maximum Gasteiger partial charge on any atom is 0.0954 e. The molecule has 0 aromatic carbocycles. The van der Waals surface area contributed by atoms with Gasteiger partial charge in [-0.15, -0.1) is 0 Å². The largest absolute Gasteiger partial charge is 0.383 e. The molecular formula is C14H20N4O. The van der Waals surface area contributed by atoms with Gasteiger partial charge in [-0.25, -0.2) is 4.98 Å². The van der Waals surface area contributed by atoms with E-state index in [1.807, 2.05) is 37.1 Å². The zero-order valence-electron chi connectivity index (χ0n) is 11.4. The van der Waals surface area contributed by atoms with Crippen LogP contribution in [0, 0.1) is 0 Å². The van der Waals surface area contributed by atoms with E-state index >= 15 is 0 Å². The minimum Gasteiger partial charge on any atom is -0.383 e. The lowest BCUT2D eigenvalue weighted by Crippen LogP contribution is -2.21. The van der Waals surface area contributed by atoms with E-state index < -0.39 is 0 Å². The molecular weight excluding hydrogens is 240 g/mol. The fraction of sp³-hybridized carbons (Fsp3) is 0.429. The summed E-state index contributed by atoms with van der Waals surface area (Å²) in [6.07, 6.45) is 7.41. The van der Waals surface area contributed by atoms with Gasteiger partial charge in [0, 0.05) is 38.8 Å². The number of pyridine rings is 1. The van der Waals surface area contributed by atoms with Crippen LogP contribution in [-0.4, -0.2) is 34.8 Å². The van der Waals surface area contributed by atoms with Gasteiger partial charge in [-0.3, -0.25) is 4.98 Å². The molecule has 0 bridgehead atoms. The third-order valence-corrected chi connectivity index (χ3v) is 3.14. The highest BCUT2D eigenvalue weighted by atomic mass is 16.5. The summed E-state index contributed by atoms with van der Waals surface area (Å²) in [4.78, 5) is 8.29. The summed E-state index contributed by atoms with van der Waals surface area (Å²) in [6, 6.07) is 4.32. The quantitative estimate of drug-likeness (QED) is 0.769. The van der Waals surface area contributed by atoms with Crippen LogP contribution in [-0.2, 0) is 11.3 Å². The summed E-state index contributed by atoms with van der Waals surface area (Å²) in [5.41, 5.74) is 2.39. The number of aromatic nitrogens is 3. The Balaban J connectivity index is 2.02. The predicted molar refractivity (Wildman–Crippen MR) is 73.9 cm³/mol. The Labute approximate surface area is 113 Å². The second-order valence-corrected chi connectivity index (χ2v) is 4.42. The summed E-state index contributed by atoms with van der Waals surface area (Å²) in [5.74, 6) is 0. The number of nitrogens with one attached hydrogen (secondary N) is 1. The molecule has 0 fully saturated rings. The molecule has 5 heteroatoms. The first kappa shape index (κ1) is 13.7. The molecule has 0 saturated carbocycles. The fourth-order valence-corrected chi connectivity index (χ4v) is 2.01. The van der Waals surface area contributed by atoms with Crippen molar-refractivity contribution in [3.8, 4) is 0 Å². The molecule has 0 aliphatic heterocycles. The molecule has 2 aromatic heterocycles. The van der Waals surface area contributed by atoms with Gasteiger partial charge in [0.2, 0.25) is 0 Å². The third kappa shape index (κ3) is 3.62. The molecule has 0 radical (unpaired) electrons. The van der Waals surface area contributed by atoms with Gasteiger partial charge in [0.25, 0.3) is 0 Å². The van der Waals surface area contributed by atoms with E-state index in [1.165, 1.54) is 11.3 Å². The van der Waals surface area contributed by atoms with Crippen molar-refractivity contribution >= 4 is 0 Å². The van der Waals surface area contributed by atoms with Gasteiger partial charge in [-0.2, -0.15) is 0 Å². The normalized spacial score (nSPS) is 12.5. The van der Waals surface area contributed by atoms with Gasteiger partial charge >= 0.3 is 0 Å².